The molecule has 1 amide bonds. The van der Waals surface area contributed by atoms with Crippen LogP contribution in [0.4, 0.5) is 0 Å². The van der Waals surface area contributed by atoms with Gasteiger partial charge in [0, 0.05) is 25.5 Å². The molecule has 43 heavy (non-hydrogen) atoms. The summed E-state index contributed by atoms with van der Waals surface area (Å²) in [6, 6.07) is -0.658. The maximum absolute atomic E-state index is 13.7. The van der Waals surface area contributed by atoms with Crippen LogP contribution in [0.5, 0.6) is 0 Å². The van der Waals surface area contributed by atoms with Crippen molar-refractivity contribution in [1.29, 1.82) is 0 Å². The van der Waals surface area contributed by atoms with Gasteiger partial charge in [0.15, 0.2) is 5.79 Å². The summed E-state index contributed by atoms with van der Waals surface area (Å²) in [5, 5.41) is 11.5. The van der Waals surface area contributed by atoms with Gasteiger partial charge in [-0.1, -0.05) is 78.3 Å². The van der Waals surface area contributed by atoms with Gasteiger partial charge in [-0.25, -0.2) is 4.79 Å². The molecule has 2 heterocycles. The predicted molar refractivity (Wildman–Crippen MR) is 171 cm³/mol. The molecule has 2 aliphatic heterocycles. The van der Waals surface area contributed by atoms with Crippen molar-refractivity contribution in [3.63, 3.8) is 0 Å². The van der Waals surface area contributed by atoms with Crippen LogP contribution in [-0.4, -0.2) is 65.7 Å². The van der Waals surface area contributed by atoms with Gasteiger partial charge in [0.05, 0.1) is 18.6 Å². The topological polar surface area (TPSA) is 85.3 Å². The number of rotatable bonds is 10. The minimum atomic E-state index is -1.54. The lowest BCUT2D eigenvalue weighted by molar-refractivity contribution is -0.300. The summed E-state index contributed by atoms with van der Waals surface area (Å²) in [5.74, 6) is -1.02. The fourth-order valence-electron chi connectivity index (χ4n) is 7.37. The Balaban J connectivity index is 1.71. The van der Waals surface area contributed by atoms with Crippen molar-refractivity contribution in [3.8, 4) is 0 Å². The number of esters is 1. The first-order chi connectivity index (χ1) is 20.2. The van der Waals surface area contributed by atoms with E-state index in [4.69, 9.17) is 14.2 Å². The van der Waals surface area contributed by atoms with E-state index in [1.54, 1.807) is 12.0 Å². The highest BCUT2D eigenvalue weighted by molar-refractivity contribution is 5.85. The van der Waals surface area contributed by atoms with Crippen molar-refractivity contribution in [3.05, 3.63) is 35.5 Å². The van der Waals surface area contributed by atoms with E-state index in [1.165, 1.54) is 0 Å². The van der Waals surface area contributed by atoms with Crippen LogP contribution in [0, 0.1) is 35.5 Å². The molecular formula is C36H59NO6. The Morgan fingerprint density at radius 3 is 2.42 bits per heavy atom. The second kappa shape index (κ2) is 15.4. The fourth-order valence-corrected chi connectivity index (χ4v) is 7.37. The molecule has 2 saturated heterocycles. The molecule has 0 spiro atoms. The number of carbonyl (C=O) groups is 2. The monoisotopic (exact) mass is 601 g/mol. The molecule has 0 aromatic carbocycles. The first-order valence-electron chi connectivity index (χ1n) is 16.6. The third kappa shape index (κ3) is 9.04. The first kappa shape index (κ1) is 35.5. The molecule has 244 valence electrons. The number of nitrogens with zero attached hydrogens (tertiary/aromatic N) is 1. The molecule has 9 atom stereocenters. The SMILES string of the molecule is COC1CC(/C=C(C)/C=C(\C)C(OC(=O)C2CCCCN2C(=O)CC2(O)OC(C(C)C)C(C)CC2C)C(C)C)C=CC1C. The molecule has 1 aliphatic carbocycles. The largest absolute Gasteiger partial charge is 0.456 e. The number of hydrogen-bond donors (Lipinski definition) is 1. The zero-order valence-electron chi connectivity index (χ0n) is 28.5. The second-order valence-corrected chi connectivity index (χ2v) is 14.4. The molecule has 0 radical (unpaired) electrons. The molecule has 7 heteroatoms. The Bertz CT molecular complexity index is 1050. The van der Waals surface area contributed by atoms with Gasteiger partial charge in [0.2, 0.25) is 5.91 Å². The van der Waals surface area contributed by atoms with Crippen LogP contribution in [-0.2, 0) is 23.8 Å². The Morgan fingerprint density at radius 1 is 1.09 bits per heavy atom. The Kier molecular flexibility index (Phi) is 12.7. The van der Waals surface area contributed by atoms with Gasteiger partial charge in [0.25, 0.3) is 0 Å². The molecule has 0 saturated carbocycles. The Labute approximate surface area is 261 Å². The first-order valence-corrected chi connectivity index (χ1v) is 16.6. The van der Waals surface area contributed by atoms with E-state index in [0.29, 0.717) is 30.7 Å². The minimum absolute atomic E-state index is 0.0706. The van der Waals surface area contributed by atoms with Gasteiger partial charge in [-0.3, -0.25) is 4.79 Å². The zero-order valence-corrected chi connectivity index (χ0v) is 28.5. The number of hydrogen-bond acceptors (Lipinski definition) is 6. The van der Waals surface area contributed by atoms with Crippen molar-refractivity contribution < 1.29 is 28.9 Å². The van der Waals surface area contributed by atoms with Crippen LogP contribution in [0.3, 0.4) is 0 Å². The van der Waals surface area contributed by atoms with Crippen LogP contribution in [0.15, 0.2) is 35.5 Å². The maximum Gasteiger partial charge on any atom is 0.329 e. The van der Waals surface area contributed by atoms with Crippen molar-refractivity contribution in [1.82, 2.24) is 4.90 Å². The summed E-state index contributed by atoms with van der Waals surface area (Å²) in [5.41, 5.74) is 2.10. The van der Waals surface area contributed by atoms with E-state index in [0.717, 1.165) is 36.8 Å². The van der Waals surface area contributed by atoms with Gasteiger partial charge >= 0.3 is 5.97 Å². The normalized spacial score (nSPS) is 34.9. The molecule has 7 nitrogen and oxygen atoms in total. The molecule has 3 rings (SSSR count). The smallest absolute Gasteiger partial charge is 0.329 e. The summed E-state index contributed by atoms with van der Waals surface area (Å²) in [6.45, 7) is 19.1. The van der Waals surface area contributed by atoms with Crippen molar-refractivity contribution in [2.24, 2.45) is 35.5 Å². The quantitative estimate of drug-likeness (QED) is 0.167. The van der Waals surface area contributed by atoms with Gasteiger partial charge in [-0.15, -0.1) is 0 Å². The summed E-state index contributed by atoms with van der Waals surface area (Å²) in [7, 11) is 1.77. The van der Waals surface area contributed by atoms with E-state index < -0.39 is 17.9 Å². The van der Waals surface area contributed by atoms with Gasteiger partial charge in [-0.2, -0.15) is 0 Å². The Morgan fingerprint density at radius 2 is 1.79 bits per heavy atom. The second-order valence-electron chi connectivity index (χ2n) is 14.4. The highest BCUT2D eigenvalue weighted by Crippen LogP contribution is 2.41. The number of allylic oxidation sites excluding steroid dienone is 4. The lowest BCUT2D eigenvalue weighted by Crippen LogP contribution is -2.56. The average Bonchev–Trinajstić information content (AvgIpc) is 2.94. The molecule has 0 aromatic rings. The zero-order chi connectivity index (χ0) is 32.1. The molecule has 9 unspecified atom stereocenters. The number of ether oxygens (including phenoxy) is 3. The van der Waals surface area contributed by atoms with E-state index in [2.05, 4.69) is 72.8 Å². The van der Waals surface area contributed by atoms with Crippen LogP contribution >= 0.6 is 0 Å². The molecule has 0 aromatic heterocycles. The van der Waals surface area contributed by atoms with Crippen LogP contribution in [0.2, 0.25) is 0 Å². The van der Waals surface area contributed by atoms with E-state index in [1.807, 2.05) is 13.8 Å². The number of methoxy groups -OCH3 is 1. The van der Waals surface area contributed by atoms with Gasteiger partial charge in [-0.05, 0) is 75.2 Å². The van der Waals surface area contributed by atoms with Crippen LogP contribution in [0.25, 0.3) is 0 Å². The standard InChI is InChI=1S/C36H59NO6/c1-22(2)33(26(7)17-24(5)18-29-15-14-25(6)31(20-29)41-10)42-35(39)30-13-11-12-16-37(30)32(38)21-36(40)28(9)19-27(8)34(43-36)23(3)4/h14-15,17-18,22-23,25,27-31,33-34,40H,11-13,16,19-21H2,1-10H3/b24-18+,26-17+. The van der Waals surface area contributed by atoms with Crippen LogP contribution < -0.4 is 0 Å². The highest BCUT2D eigenvalue weighted by atomic mass is 16.6. The van der Waals surface area contributed by atoms with E-state index in [-0.39, 0.29) is 48.3 Å². The third-order valence-corrected chi connectivity index (χ3v) is 9.84. The fraction of sp³-hybridized carbons (Fsp3) is 0.778. The van der Waals surface area contributed by atoms with E-state index >= 15 is 0 Å². The van der Waals surface area contributed by atoms with Crippen molar-refractivity contribution in [2.45, 2.75) is 131 Å². The lowest BCUT2D eigenvalue weighted by Gasteiger charge is -2.47. The molecule has 0 bridgehead atoms. The number of likely N-dealkylation sites (tertiary alicyclic amines) is 1. The highest BCUT2D eigenvalue weighted by Gasteiger charge is 2.48. The predicted octanol–water partition coefficient (Wildman–Crippen LogP) is 6.85. The Hall–Kier alpha value is -1.96. The average molecular weight is 602 g/mol. The summed E-state index contributed by atoms with van der Waals surface area (Å²) >= 11 is 0. The summed E-state index contributed by atoms with van der Waals surface area (Å²) < 4.78 is 18.1. The summed E-state index contributed by atoms with van der Waals surface area (Å²) in [6.07, 6.45) is 12.4. The number of carbonyl (C=O) groups excluding carboxylic acids is 2. The summed E-state index contributed by atoms with van der Waals surface area (Å²) in [4.78, 5) is 29.0. The molecule has 1 N–H and O–H groups in total. The molecular weight excluding hydrogens is 542 g/mol. The molecule has 3 aliphatic rings. The van der Waals surface area contributed by atoms with Crippen LogP contribution in [0.1, 0.15) is 101 Å². The maximum atomic E-state index is 13.7. The van der Waals surface area contributed by atoms with Gasteiger partial charge in [0.1, 0.15) is 12.1 Å². The number of aliphatic hydroxyl groups is 1. The lowest BCUT2D eigenvalue weighted by atomic mass is 9.79. The minimum Gasteiger partial charge on any atom is -0.456 e. The molecule has 2 fully saturated rings. The third-order valence-electron chi connectivity index (χ3n) is 9.84. The van der Waals surface area contributed by atoms with Crippen molar-refractivity contribution >= 4 is 11.9 Å². The van der Waals surface area contributed by atoms with E-state index in [9.17, 15) is 14.7 Å². The van der Waals surface area contributed by atoms with Crippen molar-refractivity contribution in [2.75, 3.05) is 13.7 Å². The van der Waals surface area contributed by atoms with Gasteiger partial charge < -0.3 is 24.2 Å². The number of piperidine rings is 1. The number of amides is 1.